The lowest BCUT2D eigenvalue weighted by Crippen LogP contribution is -2.18. The second kappa shape index (κ2) is 6.97. The smallest absolute Gasteiger partial charge is 0.272 e. The Kier molecular flexibility index (Phi) is 4.50. The van der Waals surface area contributed by atoms with Crippen LogP contribution in [0.4, 0.5) is 5.69 Å². The maximum absolute atomic E-state index is 13.0. The van der Waals surface area contributed by atoms with E-state index >= 15 is 0 Å². The lowest BCUT2D eigenvalue weighted by molar-refractivity contribution is 0.101. The highest BCUT2D eigenvalue weighted by atomic mass is 35.5. The molecule has 4 rings (SSSR count). The Morgan fingerprint density at radius 3 is 2.74 bits per heavy atom. The van der Waals surface area contributed by atoms with Crippen molar-refractivity contribution in [3.63, 3.8) is 0 Å². The largest absolute Gasteiger partial charge is 0.463 e. The second-order valence-electron chi connectivity index (χ2n) is 6.58. The average Bonchev–Trinajstić information content (AvgIpc) is 3.23. The predicted octanol–water partition coefficient (Wildman–Crippen LogP) is 5.81. The van der Waals surface area contributed by atoms with Crippen LogP contribution in [0.25, 0.3) is 11.1 Å². The number of anilines is 1. The lowest BCUT2D eigenvalue weighted by atomic mass is 10.1. The van der Waals surface area contributed by atoms with Crippen LogP contribution in [0.15, 0.2) is 65.3 Å². The first kappa shape index (κ1) is 17.4. The zero-order valence-electron chi connectivity index (χ0n) is 15.1. The van der Waals surface area contributed by atoms with Gasteiger partial charge in [0.05, 0.1) is 11.8 Å². The normalized spacial score (nSPS) is 11.1. The number of hydrogen-bond donors (Lipinski definition) is 1. The minimum Gasteiger partial charge on any atom is -0.463 e. The van der Waals surface area contributed by atoms with E-state index in [9.17, 15) is 4.79 Å². The van der Waals surface area contributed by atoms with Gasteiger partial charge in [0, 0.05) is 29.4 Å². The molecule has 136 valence electrons. The molecule has 2 heterocycles. The van der Waals surface area contributed by atoms with Crippen LogP contribution in [0.5, 0.6) is 0 Å². The molecule has 0 atom stereocenters. The van der Waals surface area contributed by atoms with Gasteiger partial charge in [0.1, 0.15) is 5.69 Å². The standard InChI is InChI=1S/C22H19ClN2O2/c1-14-6-3-4-7-16(14)13-25-19-10-11-27-21(19)12-20(25)22(26)24-18-9-5-8-17(23)15(18)2/h3-12H,13H2,1-2H3,(H,24,26). The van der Waals surface area contributed by atoms with Crippen LogP contribution >= 0.6 is 11.6 Å². The third-order valence-electron chi connectivity index (χ3n) is 4.86. The van der Waals surface area contributed by atoms with Crippen molar-refractivity contribution in [1.29, 1.82) is 0 Å². The molecule has 0 aliphatic heterocycles. The van der Waals surface area contributed by atoms with Crippen molar-refractivity contribution in [2.45, 2.75) is 20.4 Å². The average molecular weight is 379 g/mol. The molecule has 4 aromatic rings. The van der Waals surface area contributed by atoms with Crippen molar-refractivity contribution in [2.24, 2.45) is 0 Å². The van der Waals surface area contributed by atoms with E-state index < -0.39 is 0 Å². The van der Waals surface area contributed by atoms with Crippen LogP contribution in [0.1, 0.15) is 27.2 Å². The number of amides is 1. The Balaban J connectivity index is 1.73. The van der Waals surface area contributed by atoms with E-state index in [0.717, 1.165) is 16.6 Å². The maximum Gasteiger partial charge on any atom is 0.272 e. The lowest BCUT2D eigenvalue weighted by Gasteiger charge is -2.13. The molecule has 0 aliphatic rings. The van der Waals surface area contributed by atoms with Crippen molar-refractivity contribution in [3.05, 3.63) is 88.3 Å². The fourth-order valence-electron chi connectivity index (χ4n) is 3.22. The topological polar surface area (TPSA) is 47.2 Å². The number of carbonyl (C=O) groups excluding carboxylic acids is 1. The van der Waals surface area contributed by atoms with Gasteiger partial charge in [-0.3, -0.25) is 4.79 Å². The summed E-state index contributed by atoms with van der Waals surface area (Å²) in [5, 5.41) is 3.60. The highest BCUT2D eigenvalue weighted by Gasteiger charge is 2.19. The molecular weight excluding hydrogens is 360 g/mol. The van der Waals surface area contributed by atoms with E-state index in [1.54, 1.807) is 18.4 Å². The number of aromatic nitrogens is 1. The number of aryl methyl sites for hydroxylation is 1. The molecule has 0 radical (unpaired) electrons. The molecule has 0 unspecified atom stereocenters. The van der Waals surface area contributed by atoms with E-state index in [1.165, 1.54) is 5.56 Å². The monoisotopic (exact) mass is 378 g/mol. The number of halogens is 1. The van der Waals surface area contributed by atoms with Gasteiger partial charge < -0.3 is 14.3 Å². The summed E-state index contributed by atoms with van der Waals surface area (Å²) < 4.78 is 7.51. The fraction of sp³-hybridized carbons (Fsp3) is 0.136. The Bertz CT molecular complexity index is 1140. The van der Waals surface area contributed by atoms with Crippen LogP contribution in [-0.4, -0.2) is 10.5 Å². The number of benzene rings is 2. The number of hydrogen-bond acceptors (Lipinski definition) is 2. The molecule has 1 amide bonds. The summed E-state index contributed by atoms with van der Waals surface area (Å²) >= 11 is 6.17. The first-order valence-corrected chi connectivity index (χ1v) is 9.10. The molecule has 5 heteroatoms. The van der Waals surface area contributed by atoms with Crippen molar-refractivity contribution in [2.75, 3.05) is 5.32 Å². The summed E-state index contributed by atoms with van der Waals surface area (Å²) in [6.07, 6.45) is 1.64. The van der Waals surface area contributed by atoms with Gasteiger partial charge in [-0.15, -0.1) is 0 Å². The number of carbonyl (C=O) groups is 1. The fourth-order valence-corrected chi connectivity index (χ4v) is 3.40. The zero-order valence-corrected chi connectivity index (χ0v) is 15.9. The van der Waals surface area contributed by atoms with E-state index in [0.29, 0.717) is 28.5 Å². The van der Waals surface area contributed by atoms with E-state index in [1.807, 2.05) is 41.8 Å². The molecule has 0 saturated carbocycles. The van der Waals surface area contributed by atoms with Gasteiger partial charge >= 0.3 is 0 Å². The molecule has 27 heavy (non-hydrogen) atoms. The minimum atomic E-state index is -0.194. The number of nitrogens with one attached hydrogen (secondary N) is 1. The Hall–Kier alpha value is -2.98. The third kappa shape index (κ3) is 3.24. The van der Waals surface area contributed by atoms with Crippen molar-refractivity contribution < 1.29 is 9.21 Å². The van der Waals surface area contributed by atoms with Gasteiger partial charge in [0.15, 0.2) is 5.58 Å². The van der Waals surface area contributed by atoms with E-state index in [-0.39, 0.29) is 5.91 Å². The summed E-state index contributed by atoms with van der Waals surface area (Å²) in [5.41, 5.74) is 6.01. The molecule has 0 fully saturated rings. The molecule has 0 bridgehead atoms. The minimum absolute atomic E-state index is 0.194. The van der Waals surface area contributed by atoms with Gasteiger partial charge in [-0.1, -0.05) is 41.9 Å². The molecule has 2 aromatic heterocycles. The summed E-state index contributed by atoms with van der Waals surface area (Å²) in [6.45, 7) is 4.55. The summed E-state index contributed by atoms with van der Waals surface area (Å²) in [5.74, 6) is -0.194. The first-order chi connectivity index (χ1) is 13.0. The van der Waals surface area contributed by atoms with Crippen molar-refractivity contribution in [1.82, 2.24) is 4.57 Å². The zero-order chi connectivity index (χ0) is 19.0. The van der Waals surface area contributed by atoms with Gasteiger partial charge in [-0.2, -0.15) is 0 Å². The molecule has 0 aliphatic carbocycles. The predicted molar refractivity (Wildman–Crippen MR) is 109 cm³/mol. The molecule has 2 aromatic carbocycles. The summed E-state index contributed by atoms with van der Waals surface area (Å²) in [7, 11) is 0. The Labute approximate surface area is 162 Å². The Morgan fingerprint density at radius 1 is 1.11 bits per heavy atom. The second-order valence-corrected chi connectivity index (χ2v) is 6.99. The number of fused-ring (bicyclic) bond motifs is 1. The molecule has 1 N–H and O–H groups in total. The number of rotatable bonds is 4. The SMILES string of the molecule is Cc1ccccc1Cn1c(C(=O)Nc2cccc(Cl)c2C)cc2occc21. The van der Waals surface area contributed by atoms with E-state index in [2.05, 4.69) is 24.4 Å². The molecular formula is C22H19ClN2O2. The van der Waals surface area contributed by atoms with Crippen LogP contribution in [-0.2, 0) is 6.54 Å². The van der Waals surface area contributed by atoms with Crippen LogP contribution in [0, 0.1) is 13.8 Å². The van der Waals surface area contributed by atoms with Gasteiger partial charge in [0.2, 0.25) is 0 Å². The van der Waals surface area contributed by atoms with Gasteiger partial charge in [0.25, 0.3) is 5.91 Å². The molecule has 0 spiro atoms. The molecule has 0 saturated heterocycles. The number of furan rings is 1. The highest BCUT2D eigenvalue weighted by molar-refractivity contribution is 6.31. The van der Waals surface area contributed by atoms with E-state index in [4.69, 9.17) is 16.0 Å². The summed E-state index contributed by atoms with van der Waals surface area (Å²) in [6, 6.07) is 17.3. The molecule has 4 nitrogen and oxygen atoms in total. The van der Waals surface area contributed by atoms with Crippen LogP contribution in [0.2, 0.25) is 5.02 Å². The van der Waals surface area contributed by atoms with Gasteiger partial charge in [-0.05, 0) is 42.7 Å². The van der Waals surface area contributed by atoms with Crippen molar-refractivity contribution >= 4 is 34.3 Å². The number of nitrogens with zero attached hydrogens (tertiary/aromatic N) is 1. The Morgan fingerprint density at radius 2 is 1.93 bits per heavy atom. The van der Waals surface area contributed by atoms with Crippen LogP contribution < -0.4 is 5.32 Å². The first-order valence-electron chi connectivity index (χ1n) is 8.72. The summed E-state index contributed by atoms with van der Waals surface area (Å²) in [4.78, 5) is 13.0. The maximum atomic E-state index is 13.0. The van der Waals surface area contributed by atoms with Gasteiger partial charge in [-0.25, -0.2) is 0 Å². The van der Waals surface area contributed by atoms with Crippen molar-refractivity contribution in [3.8, 4) is 0 Å². The highest BCUT2D eigenvalue weighted by Crippen LogP contribution is 2.26. The third-order valence-corrected chi connectivity index (χ3v) is 5.27. The quantitative estimate of drug-likeness (QED) is 0.487. The van der Waals surface area contributed by atoms with Crippen LogP contribution in [0.3, 0.4) is 0 Å².